The van der Waals surface area contributed by atoms with E-state index >= 15 is 0 Å². The standard InChI is InChI=1S/C32H30O4/c1-21(2)28-7-5-6-8-29(28)31(24-15-19-27(36-4)20-16-24)30(23-13-17-26(35-3)18-14-23)22-9-11-25(12-10-22)32(33)34/h5-21H,1-4H3,(H,33,34). The number of ether oxygens (including phenoxy) is 2. The fourth-order valence-electron chi connectivity index (χ4n) is 4.41. The molecule has 0 atom stereocenters. The summed E-state index contributed by atoms with van der Waals surface area (Å²) in [5.74, 6) is 0.915. The van der Waals surface area contributed by atoms with Gasteiger partial charge in [-0.1, -0.05) is 74.5 Å². The Balaban J connectivity index is 2.10. The van der Waals surface area contributed by atoms with Crippen molar-refractivity contribution in [2.45, 2.75) is 19.8 Å². The Labute approximate surface area is 212 Å². The molecule has 4 rings (SSSR count). The quantitative estimate of drug-likeness (QED) is 0.266. The lowest BCUT2D eigenvalue weighted by Crippen LogP contribution is -2.03. The Morgan fingerprint density at radius 2 is 1.03 bits per heavy atom. The molecule has 0 amide bonds. The lowest BCUT2D eigenvalue weighted by Gasteiger charge is -2.22. The van der Waals surface area contributed by atoms with E-state index in [1.54, 1.807) is 26.4 Å². The number of carboxylic acids is 1. The zero-order valence-corrected chi connectivity index (χ0v) is 21.0. The summed E-state index contributed by atoms with van der Waals surface area (Å²) in [4.78, 5) is 11.5. The average molecular weight is 479 g/mol. The Bertz CT molecular complexity index is 1360. The van der Waals surface area contributed by atoms with Crippen LogP contribution in [-0.4, -0.2) is 25.3 Å². The van der Waals surface area contributed by atoms with Crippen molar-refractivity contribution >= 4 is 17.1 Å². The molecule has 0 unspecified atom stereocenters. The largest absolute Gasteiger partial charge is 0.497 e. The molecule has 1 N–H and O–H groups in total. The van der Waals surface area contributed by atoms with Gasteiger partial charge in [0.2, 0.25) is 0 Å². The van der Waals surface area contributed by atoms with Gasteiger partial charge in [0.1, 0.15) is 11.5 Å². The van der Waals surface area contributed by atoms with E-state index in [-0.39, 0.29) is 5.56 Å². The van der Waals surface area contributed by atoms with E-state index in [1.807, 2.05) is 48.5 Å². The first-order valence-corrected chi connectivity index (χ1v) is 11.9. The second-order valence-electron chi connectivity index (χ2n) is 8.83. The minimum absolute atomic E-state index is 0.251. The maximum Gasteiger partial charge on any atom is 0.335 e. The van der Waals surface area contributed by atoms with Crippen LogP contribution in [0.3, 0.4) is 0 Å². The van der Waals surface area contributed by atoms with Crippen LogP contribution in [0.4, 0.5) is 0 Å². The maximum atomic E-state index is 11.5. The van der Waals surface area contributed by atoms with Crippen molar-refractivity contribution in [3.63, 3.8) is 0 Å². The van der Waals surface area contributed by atoms with Crippen LogP contribution < -0.4 is 9.47 Å². The van der Waals surface area contributed by atoms with Gasteiger partial charge in [0.25, 0.3) is 0 Å². The van der Waals surface area contributed by atoms with Crippen molar-refractivity contribution in [2.75, 3.05) is 14.2 Å². The third-order valence-corrected chi connectivity index (χ3v) is 6.28. The van der Waals surface area contributed by atoms with Crippen molar-refractivity contribution < 1.29 is 19.4 Å². The number of hydrogen-bond donors (Lipinski definition) is 1. The fraction of sp³-hybridized carbons (Fsp3) is 0.156. The molecule has 36 heavy (non-hydrogen) atoms. The monoisotopic (exact) mass is 478 g/mol. The third-order valence-electron chi connectivity index (χ3n) is 6.28. The SMILES string of the molecule is COc1ccc(C(=C(c2ccc(OC)cc2)c2ccccc2C(C)C)c2ccc(C(=O)O)cc2)cc1. The van der Waals surface area contributed by atoms with E-state index in [2.05, 4.69) is 50.2 Å². The molecule has 4 heteroatoms. The lowest BCUT2D eigenvalue weighted by atomic mass is 9.82. The summed E-state index contributed by atoms with van der Waals surface area (Å²) in [5, 5.41) is 9.46. The molecular weight excluding hydrogens is 448 g/mol. The number of hydrogen-bond acceptors (Lipinski definition) is 3. The predicted molar refractivity (Wildman–Crippen MR) is 145 cm³/mol. The van der Waals surface area contributed by atoms with Gasteiger partial charge in [0, 0.05) is 0 Å². The van der Waals surface area contributed by atoms with Gasteiger partial charge in [-0.15, -0.1) is 0 Å². The normalized spacial score (nSPS) is 11.7. The summed E-state index contributed by atoms with van der Waals surface area (Å²) in [7, 11) is 3.31. The predicted octanol–water partition coefficient (Wildman–Crippen LogP) is 7.53. The number of carboxylic acid groups (broad SMARTS) is 1. The van der Waals surface area contributed by atoms with Crippen LogP contribution in [0.15, 0.2) is 97.1 Å². The Morgan fingerprint density at radius 1 is 0.611 bits per heavy atom. The van der Waals surface area contributed by atoms with Crippen molar-refractivity contribution in [3.05, 3.63) is 130 Å². The average Bonchev–Trinajstić information content (AvgIpc) is 2.92. The van der Waals surface area contributed by atoms with Crippen LogP contribution in [0.1, 0.15) is 57.9 Å². The van der Waals surface area contributed by atoms with Crippen molar-refractivity contribution in [1.29, 1.82) is 0 Å². The molecule has 4 aromatic carbocycles. The van der Waals surface area contributed by atoms with E-state index in [9.17, 15) is 9.90 Å². The fourth-order valence-corrected chi connectivity index (χ4v) is 4.41. The molecule has 4 aromatic rings. The first-order chi connectivity index (χ1) is 17.4. The Hall–Kier alpha value is -4.31. The van der Waals surface area contributed by atoms with Crippen LogP contribution in [0.2, 0.25) is 0 Å². The van der Waals surface area contributed by atoms with Gasteiger partial charge in [-0.2, -0.15) is 0 Å². The van der Waals surface area contributed by atoms with Crippen molar-refractivity contribution in [1.82, 2.24) is 0 Å². The molecule has 0 heterocycles. The van der Waals surface area contributed by atoms with E-state index in [4.69, 9.17) is 9.47 Å². The number of rotatable bonds is 8. The van der Waals surface area contributed by atoms with Crippen molar-refractivity contribution in [2.24, 2.45) is 0 Å². The zero-order chi connectivity index (χ0) is 25.7. The van der Waals surface area contributed by atoms with E-state index in [1.165, 1.54) is 5.56 Å². The van der Waals surface area contributed by atoms with Crippen molar-refractivity contribution in [3.8, 4) is 11.5 Å². The molecule has 0 fully saturated rings. The zero-order valence-electron chi connectivity index (χ0n) is 21.0. The highest BCUT2D eigenvalue weighted by atomic mass is 16.5. The molecule has 0 bridgehead atoms. The molecule has 0 aromatic heterocycles. The number of benzene rings is 4. The van der Waals surface area contributed by atoms with Gasteiger partial charge >= 0.3 is 5.97 Å². The molecule has 0 saturated carbocycles. The van der Waals surface area contributed by atoms with Gasteiger partial charge in [-0.3, -0.25) is 0 Å². The van der Waals surface area contributed by atoms with Gasteiger partial charge in [-0.05, 0) is 81.3 Å². The van der Waals surface area contributed by atoms with Crippen LogP contribution in [-0.2, 0) is 0 Å². The Morgan fingerprint density at radius 3 is 1.47 bits per heavy atom. The second-order valence-corrected chi connectivity index (χ2v) is 8.83. The summed E-state index contributed by atoms with van der Waals surface area (Å²) < 4.78 is 10.8. The highest BCUT2D eigenvalue weighted by Gasteiger charge is 2.20. The van der Waals surface area contributed by atoms with Crippen LogP contribution >= 0.6 is 0 Å². The maximum absolute atomic E-state index is 11.5. The molecule has 0 spiro atoms. The molecule has 0 aliphatic heterocycles. The van der Waals surface area contributed by atoms with E-state index in [0.29, 0.717) is 5.92 Å². The number of methoxy groups -OCH3 is 2. The Kier molecular flexibility index (Phi) is 7.55. The smallest absolute Gasteiger partial charge is 0.335 e. The van der Waals surface area contributed by atoms with Crippen LogP contribution in [0, 0.1) is 0 Å². The summed E-state index contributed by atoms with van der Waals surface area (Å²) in [6.45, 7) is 4.39. The summed E-state index contributed by atoms with van der Waals surface area (Å²) in [5.41, 5.74) is 7.65. The molecule has 0 saturated heterocycles. The van der Waals surface area contributed by atoms with Gasteiger partial charge in [0.05, 0.1) is 19.8 Å². The topological polar surface area (TPSA) is 55.8 Å². The van der Waals surface area contributed by atoms with Gasteiger partial charge in [-0.25, -0.2) is 4.79 Å². The molecular formula is C32H30O4. The van der Waals surface area contributed by atoms with Crippen LogP contribution in [0.25, 0.3) is 11.1 Å². The lowest BCUT2D eigenvalue weighted by molar-refractivity contribution is 0.0697. The van der Waals surface area contributed by atoms with Crippen LogP contribution in [0.5, 0.6) is 11.5 Å². The number of aromatic carboxylic acids is 1. The first kappa shape index (κ1) is 24.8. The minimum atomic E-state index is -0.947. The van der Waals surface area contributed by atoms with E-state index < -0.39 is 5.97 Å². The molecule has 182 valence electrons. The summed E-state index contributed by atoms with van der Waals surface area (Å²) in [6.07, 6.45) is 0. The minimum Gasteiger partial charge on any atom is -0.497 e. The highest BCUT2D eigenvalue weighted by molar-refractivity contribution is 6.05. The second kappa shape index (κ2) is 11.0. The summed E-state index contributed by atoms with van der Waals surface area (Å²) in [6, 6.07) is 31.6. The highest BCUT2D eigenvalue weighted by Crippen LogP contribution is 2.40. The molecule has 4 nitrogen and oxygen atoms in total. The molecule has 0 radical (unpaired) electrons. The molecule has 0 aliphatic rings. The van der Waals surface area contributed by atoms with Gasteiger partial charge in [0.15, 0.2) is 0 Å². The van der Waals surface area contributed by atoms with E-state index in [0.717, 1.165) is 44.9 Å². The first-order valence-electron chi connectivity index (χ1n) is 11.9. The summed E-state index contributed by atoms with van der Waals surface area (Å²) >= 11 is 0. The van der Waals surface area contributed by atoms with Gasteiger partial charge < -0.3 is 14.6 Å². The molecule has 0 aliphatic carbocycles. The number of carbonyl (C=O) groups is 1. The third kappa shape index (κ3) is 5.18.